The number of aliphatic carboxylic acids is 1. The molecule has 1 atom stereocenters. The van der Waals surface area contributed by atoms with Gasteiger partial charge in [0.2, 0.25) is 0 Å². The minimum absolute atomic E-state index is 0. The Balaban J connectivity index is -0.0000000806. The summed E-state index contributed by atoms with van der Waals surface area (Å²) < 4.78 is 0. The van der Waals surface area contributed by atoms with Crippen LogP contribution in [0.4, 0.5) is 0 Å². The summed E-state index contributed by atoms with van der Waals surface area (Å²) in [7, 11) is 0. The molecule has 0 aromatic carbocycles. The first-order valence-corrected chi connectivity index (χ1v) is 5.07. The molecule has 0 heterocycles. The molecule has 6 heteroatoms. The normalized spacial score (nSPS) is 10.2. The molecule has 0 aromatic heterocycles. The maximum Gasteiger partial charge on any atom is 2.00 e. The molecule has 0 bridgehead atoms. The molecular weight excluding hydrogens is 260 g/mol. The van der Waals surface area contributed by atoms with Crippen LogP contribution < -0.4 is 10.2 Å². The summed E-state index contributed by atoms with van der Waals surface area (Å²) >= 11 is 0. The number of hydrogen-bond acceptors (Lipinski definition) is 4. The second kappa shape index (κ2) is 15.8. The van der Waals surface area contributed by atoms with E-state index in [0.29, 0.717) is 0 Å². The Morgan fingerprint density at radius 1 is 0.941 bits per heavy atom. The molecule has 0 fully saturated rings. The first kappa shape index (κ1) is 25.6. The fourth-order valence-corrected chi connectivity index (χ4v) is 0.174. The summed E-state index contributed by atoms with van der Waals surface area (Å²) in [5.41, 5.74) is 0. The van der Waals surface area contributed by atoms with Crippen LogP contribution in [0.3, 0.4) is 0 Å². The predicted octanol–water partition coefficient (Wildman–Crippen LogP) is -0.196. The largest absolute Gasteiger partial charge is 2.00 e. The number of ketones is 1. The van der Waals surface area contributed by atoms with Crippen LogP contribution in [0, 0.1) is 5.92 Å². The van der Waals surface area contributed by atoms with E-state index in [4.69, 9.17) is 5.11 Å². The smallest absolute Gasteiger partial charge is 0.852 e. The topological polar surface area (TPSA) is 100 Å². The number of carboxylic acids is 1. The van der Waals surface area contributed by atoms with E-state index < -0.39 is 24.1 Å². The molecule has 0 rings (SSSR count). The zero-order valence-electron chi connectivity index (χ0n) is 11.3. The van der Waals surface area contributed by atoms with Crippen molar-refractivity contribution in [1.82, 2.24) is 0 Å². The Morgan fingerprint density at radius 3 is 1.12 bits per heavy atom. The van der Waals surface area contributed by atoms with E-state index in [-0.39, 0.29) is 27.5 Å². The monoisotopic (exact) mass is 282 g/mol. The fraction of sp³-hybridized carbons (Fsp3) is 0.818. The summed E-state index contributed by atoms with van der Waals surface area (Å²) in [4.78, 5) is 20.1. The third-order valence-electron chi connectivity index (χ3n) is 0.980. The van der Waals surface area contributed by atoms with Crippen molar-refractivity contribution in [2.45, 2.75) is 53.8 Å². The van der Waals surface area contributed by atoms with Gasteiger partial charge in [0.25, 0.3) is 0 Å². The first-order chi connectivity index (χ1) is 7.02. The Morgan fingerprint density at radius 2 is 1.12 bits per heavy atom. The maximum atomic E-state index is 10.2. The van der Waals surface area contributed by atoms with Crippen molar-refractivity contribution < 1.29 is 46.6 Å². The van der Waals surface area contributed by atoms with E-state index >= 15 is 0 Å². The van der Waals surface area contributed by atoms with E-state index in [1.807, 2.05) is 0 Å². The van der Waals surface area contributed by atoms with Crippen molar-refractivity contribution in [2.24, 2.45) is 5.92 Å². The predicted molar refractivity (Wildman–Crippen MR) is 57.8 cm³/mol. The quantitative estimate of drug-likeness (QED) is 0.558. The van der Waals surface area contributed by atoms with E-state index in [9.17, 15) is 19.8 Å². The molecule has 0 aliphatic carbocycles. The Labute approximate surface area is 118 Å². The number of rotatable bonds is 2. The second-order valence-electron chi connectivity index (χ2n) is 3.77. The minimum atomic E-state index is -1.06. The summed E-state index contributed by atoms with van der Waals surface area (Å²) in [5.74, 6) is -2.22. The Bertz CT molecular complexity index is 167. The molecule has 0 spiro atoms. The van der Waals surface area contributed by atoms with Crippen LogP contribution in [-0.4, -0.2) is 29.1 Å². The van der Waals surface area contributed by atoms with Gasteiger partial charge in [-0.05, 0) is 13.8 Å². The average molecular weight is 282 g/mol. The molecule has 1 unspecified atom stereocenters. The van der Waals surface area contributed by atoms with Gasteiger partial charge in [0.05, 0.1) is 0 Å². The Hall–Kier alpha value is -0.226. The van der Waals surface area contributed by atoms with Gasteiger partial charge in [0.1, 0.15) is 11.7 Å². The SMILES string of the molecule is CC(=O)C(C)C(=O)O.CC(C)[O-].CC(C)[O-].[Ti+2]. The summed E-state index contributed by atoms with van der Waals surface area (Å²) in [5, 5.41) is 27.2. The first-order valence-electron chi connectivity index (χ1n) is 5.07. The molecule has 0 amide bonds. The van der Waals surface area contributed by atoms with Crippen molar-refractivity contribution in [3.8, 4) is 0 Å². The van der Waals surface area contributed by atoms with Gasteiger partial charge in [0, 0.05) is 0 Å². The van der Waals surface area contributed by atoms with Crippen LogP contribution in [0.25, 0.3) is 0 Å². The summed E-state index contributed by atoms with van der Waals surface area (Å²) in [6.45, 7) is 9.07. The van der Waals surface area contributed by atoms with E-state index in [1.165, 1.54) is 13.8 Å². The van der Waals surface area contributed by atoms with Crippen LogP contribution >= 0.6 is 0 Å². The van der Waals surface area contributed by atoms with E-state index in [2.05, 4.69) is 0 Å². The molecule has 100 valence electrons. The Kier molecular flexibility index (Phi) is 23.7. The zero-order valence-corrected chi connectivity index (χ0v) is 12.9. The van der Waals surface area contributed by atoms with Gasteiger partial charge in [-0.25, -0.2) is 0 Å². The van der Waals surface area contributed by atoms with Crippen LogP contribution in [0.2, 0.25) is 0 Å². The number of Topliss-reactive ketones (excluding diaryl/α,β-unsaturated/α-hetero) is 1. The molecular formula is C11H22O5Ti. The summed E-state index contributed by atoms with van der Waals surface area (Å²) in [6.07, 6.45) is -0.833. The zero-order chi connectivity index (χ0) is 13.9. The average Bonchev–Trinajstić information content (AvgIpc) is 2.00. The summed E-state index contributed by atoms with van der Waals surface area (Å²) in [6, 6.07) is 0. The van der Waals surface area contributed by atoms with E-state index in [0.717, 1.165) is 0 Å². The number of carboxylic acid groups (broad SMARTS) is 1. The standard InChI is InChI=1S/C5H8O3.2C3H7O.Ti/c1-3(4(2)6)5(7)8;2*1-3(2)4;/h3H,1-2H3,(H,7,8);2*3H,1-2H3;/q;2*-1;+2. The third kappa shape index (κ3) is 49.5. The molecule has 0 aliphatic rings. The van der Waals surface area contributed by atoms with Gasteiger partial charge >= 0.3 is 27.7 Å². The van der Waals surface area contributed by atoms with Crippen LogP contribution in [0.1, 0.15) is 41.5 Å². The molecule has 0 saturated carbocycles. The third-order valence-corrected chi connectivity index (χ3v) is 0.980. The van der Waals surface area contributed by atoms with Crippen LogP contribution in [0.15, 0.2) is 0 Å². The van der Waals surface area contributed by atoms with Gasteiger partial charge < -0.3 is 15.3 Å². The van der Waals surface area contributed by atoms with Gasteiger partial charge in [-0.2, -0.15) is 0 Å². The minimum Gasteiger partial charge on any atom is -0.852 e. The van der Waals surface area contributed by atoms with Crippen molar-refractivity contribution >= 4 is 11.8 Å². The maximum absolute atomic E-state index is 10.2. The van der Waals surface area contributed by atoms with E-state index in [1.54, 1.807) is 27.7 Å². The number of carbonyl (C=O) groups excluding carboxylic acids is 1. The van der Waals surface area contributed by atoms with Crippen molar-refractivity contribution in [2.75, 3.05) is 0 Å². The molecule has 0 aliphatic heterocycles. The molecule has 0 radical (unpaired) electrons. The number of hydrogen-bond donors (Lipinski definition) is 1. The molecule has 5 nitrogen and oxygen atoms in total. The molecule has 1 N–H and O–H groups in total. The second-order valence-corrected chi connectivity index (χ2v) is 3.77. The molecule has 0 aromatic rings. The van der Waals surface area contributed by atoms with Crippen LogP contribution in [-0.2, 0) is 31.3 Å². The van der Waals surface area contributed by atoms with Gasteiger partial charge in [-0.1, -0.05) is 27.7 Å². The van der Waals surface area contributed by atoms with Crippen LogP contribution in [0.5, 0.6) is 0 Å². The molecule has 17 heavy (non-hydrogen) atoms. The fourth-order valence-electron chi connectivity index (χ4n) is 0.174. The van der Waals surface area contributed by atoms with Gasteiger partial charge in [-0.15, -0.1) is 12.2 Å². The number of carbonyl (C=O) groups is 2. The van der Waals surface area contributed by atoms with Gasteiger partial charge in [0.15, 0.2) is 0 Å². The molecule has 0 saturated heterocycles. The van der Waals surface area contributed by atoms with Crippen molar-refractivity contribution in [1.29, 1.82) is 0 Å². The van der Waals surface area contributed by atoms with Crippen molar-refractivity contribution in [3.63, 3.8) is 0 Å². The van der Waals surface area contributed by atoms with Crippen molar-refractivity contribution in [3.05, 3.63) is 0 Å². The van der Waals surface area contributed by atoms with Gasteiger partial charge in [-0.3, -0.25) is 9.59 Å².